The van der Waals surface area contributed by atoms with Crippen molar-refractivity contribution >= 4 is 0 Å². The largest absolute Gasteiger partial charge is 0.419 e. The number of hydrogen-bond acceptors (Lipinski definition) is 1. The molecule has 1 nitrogen and oxygen atoms in total. The van der Waals surface area contributed by atoms with Gasteiger partial charge in [-0.15, -0.1) is 0 Å². The molecule has 0 bridgehead atoms. The fourth-order valence-corrected chi connectivity index (χ4v) is 2.38. The highest BCUT2D eigenvalue weighted by Crippen LogP contribution is 2.36. The van der Waals surface area contributed by atoms with Crippen LogP contribution in [0.1, 0.15) is 29.2 Å². The monoisotopic (exact) mass is 297 g/mol. The van der Waals surface area contributed by atoms with E-state index in [2.05, 4.69) is 0 Å². The van der Waals surface area contributed by atoms with Crippen molar-refractivity contribution in [2.45, 2.75) is 25.6 Å². The van der Waals surface area contributed by atoms with Crippen molar-refractivity contribution in [3.63, 3.8) is 0 Å². The van der Waals surface area contributed by atoms with Crippen LogP contribution < -0.4 is 5.73 Å². The predicted octanol–water partition coefficient (Wildman–Crippen LogP) is 4.38. The van der Waals surface area contributed by atoms with E-state index < -0.39 is 23.1 Å². The van der Waals surface area contributed by atoms with Gasteiger partial charge in [0.1, 0.15) is 5.82 Å². The van der Waals surface area contributed by atoms with Crippen LogP contribution in [0.3, 0.4) is 0 Å². The van der Waals surface area contributed by atoms with Crippen LogP contribution in [0.15, 0.2) is 42.5 Å². The van der Waals surface area contributed by atoms with E-state index in [0.29, 0.717) is 5.56 Å². The number of nitrogens with two attached hydrogens (primary N) is 1. The number of aryl methyl sites for hydroxylation is 1. The maximum Gasteiger partial charge on any atom is 0.419 e. The van der Waals surface area contributed by atoms with Gasteiger partial charge >= 0.3 is 6.18 Å². The molecule has 0 aliphatic heterocycles. The van der Waals surface area contributed by atoms with E-state index in [1.54, 1.807) is 19.1 Å². The van der Waals surface area contributed by atoms with Gasteiger partial charge in [-0.2, -0.15) is 13.2 Å². The predicted molar refractivity (Wildman–Crippen MR) is 73.2 cm³/mol. The Labute approximate surface area is 120 Å². The van der Waals surface area contributed by atoms with Crippen molar-refractivity contribution < 1.29 is 17.6 Å². The molecule has 0 aliphatic carbocycles. The van der Waals surface area contributed by atoms with Gasteiger partial charge in [0, 0.05) is 0 Å². The zero-order valence-corrected chi connectivity index (χ0v) is 11.6. The Bertz CT molecular complexity index is 660. The normalized spacial score (nSPS) is 14.8. The third-order valence-corrected chi connectivity index (χ3v) is 3.58. The topological polar surface area (TPSA) is 26.0 Å². The highest BCUT2D eigenvalue weighted by Gasteiger charge is 2.36. The first-order valence-electron chi connectivity index (χ1n) is 6.36. The lowest BCUT2D eigenvalue weighted by Gasteiger charge is -2.28. The molecule has 2 aromatic carbocycles. The summed E-state index contributed by atoms with van der Waals surface area (Å²) in [5.74, 6) is -1.30. The van der Waals surface area contributed by atoms with E-state index in [1.165, 1.54) is 6.07 Å². The molecular formula is C16H15F4N. The molecule has 2 N–H and O–H groups in total. The van der Waals surface area contributed by atoms with Crippen molar-refractivity contribution in [2.75, 3.05) is 0 Å². The summed E-state index contributed by atoms with van der Waals surface area (Å²) in [6.45, 7) is 3.44. The SMILES string of the molecule is Cc1ccccc1C(C)(N)c1ccc(F)c(C(F)(F)F)c1. The second-order valence-electron chi connectivity index (χ2n) is 5.21. The van der Waals surface area contributed by atoms with Gasteiger partial charge in [0.15, 0.2) is 0 Å². The molecule has 2 aromatic rings. The molecule has 0 radical (unpaired) electrons. The minimum absolute atomic E-state index is 0.213. The van der Waals surface area contributed by atoms with Gasteiger partial charge < -0.3 is 5.73 Å². The Morgan fingerprint density at radius 3 is 2.14 bits per heavy atom. The molecule has 0 spiro atoms. The van der Waals surface area contributed by atoms with Crippen LogP contribution in [0, 0.1) is 12.7 Å². The van der Waals surface area contributed by atoms with Gasteiger partial charge in [0.25, 0.3) is 0 Å². The van der Waals surface area contributed by atoms with E-state index in [-0.39, 0.29) is 5.56 Å². The standard InChI is InChI=1S/C16H15F4N/c1-10-5-3-4-6-12(10)15(2,21)11-7-8-14(17)13(9-11)16(18,19)20/h3-9H,21H2,1-2H3. The lowest BCUT2D eigenvalue weighted by Crippen LogP contribution is -2.35. The summed E-state index contributed by atoms with van der Waals surface area (Å²) in [5, 5.41) is 0. The van der Waals surface area contributed by atoms with Crippen LogP contribution in [0.2, 0.25) is 0 Å². The third kappa shape index (κ3) is 2.93. The van der Waals surface area contributed by atoms with Gasteiger partial charge in [0.05, 0.1) is 11.1 Å². The molecule has 112 valence electrons. The molecule has 0 heterocycles. The third-order valence-electron chi connectivity index (χ3n) is 3.58. The van der Waals surface area contributed by atoms with Crippen molar-refractivity contribution in [3.8, 4) is 0 Å². The van der Waals surface area contributed by atoms with Crippen molar-refractivity contribution in [3.05, 3.63) is 70.5 Å². The zero-order valence-electron chi connectivity index (χ0n) is 11.6. The van der Waals surface area contributed by atoms with Crippen LogP contribution in [-0.2, 0) is 11.7 Å². The first-order valence-corrected chi connectivity index (χ1v) is 6.36. The minimum Gasteiger partial charge on any atom is -0.318 e. The average Bonchev–Trinajstić information content (AvgIpc) is 2.37. The zero-order chi connectivity index (χ0) is 15.8. The van der Waals surface area contributed by atoms with Crippen LogP contribution in [0.5, 0.6) is 0 Å². The highest BCUT2D eigenvalue weighted by molar-refractivity contribution is 5.43. The number of benzene rings is 2. The Morgan fingerprint density at radius 2 is 1.57 bits per heavy atom. The Hall–Kier alpha value is -1.88. The van der Waals surface area contributed by atoms with E-state index in [1.807, 2.05) is 19.1 Å². The quantitative estimate of drug-likeness (QED) is 0.818. The molecule has 21 heavy (non-hydrogen) atoms. The summed E-state index contributed by atoms with van der Waals surface area (Å²) in [6, 6.07) is 10.0. The van der Waals surface area contributed by atoms with Crippen molar-refractivity contribution in [1.82, 2.24) is 0 Å². The molecule has 0 saturated heterocycles. The molecule has 0 saturated carbocycles. The van der Waals surface area contributed by atoms with Crippen LogP contribution in [-0.4, -0.2) is 0 Å². The summed E-state index contributed by atoms with van der Waals surface area (Å²) in [4.78, 5) is 0. The van der Waals surface area contributed by atoms with Gasteiger partial charge in [0.2, 0.25) is 0 Å². The number of rotatable bonds is 2. The van der Waals surface area contributed by atoms with Gasteiger partial charge in [-0.25, -0.2) is 4.39 Å². The summed E-state index contributed by atoms with van der Waals surface area (Å²) < 4.78 is 51.8. The second kappa shape index (κ2) is 5.15. The molecule has 0 aliphatic rings. The first-order chi connectivity index (χ1) is 9.64. The van der Waals surface area contributed by atoms with Crippen LogP contribution >= 0.6 is 0 Å². The van der Waals surface area contributed by atoms with Crippen LogP contribution in [0.4, 0.5) is 17.6 Å². The minimum atomic E-state index is -4.75. The van der Waals surface area contributed by atoms with Crippen LogP contribution in [0.25, 0.3) is 0 Å². The number of hydrogen-bond donors (Lipinski definition) is 1. The Balaban J connectivity index is 2.59. The highest BCUT2D eigenvalue weighted by atomic mass is 19.4. The maximum absolute atomic E-state index is 13.4. The molecule has 5 heteroatoms. The molecular weight excluding hydrogens is 282 g/mol. The second-order valence-corrected chi connectivity index (χ2v) is 5.21. The molecule has 0 aromatic heterocycles. The fraction of sp³-hybridized carbons (Fsp3) is 0.250. The summed E-state index contributed by atoms with van der Waals surface area (Å²) in [7, 11) is 0. The van der Waals surface area contributed by atoms with Gasteiger partial charge in [-0.1, -0.05) is 30.3 Å². The summed E-state index contributed by atoms with van der Waals surface area (Å²) in [5.41, 5.74) is 5.57. The summed E-state index contributed by atoms with van der Waals surface area (Å²) in [6.07, 6.45) is -4.75. The lowest BCUT2D eigenvalue weighted by atomic mass is 9.82. The number of halogens is 4. The molecule has 2 rings (SSSR count). The maximum atomic E-state index is 13.4. The van der Waals surface area contributed by atoms with Gasteiger partial charge in [-0.05, 0) is 42.7 Å². The fourth-order valence-electron chi connectivity index (χ4n) is 2.38. The Kier molecular flexibility index (Phi) is 3.80. The summed E-state index contributed by atoms with van der Waals surface area (Å²) >= 11 is 0. The molecule has 0 fully saturated rings. The molecule has 1 unspecified atom stereocenters. The van der Waals surface area contributed by atoms with E-state index in [9.17, 15) is 17.6 Å². The van der Waals surface area contributed by atoms with Gasteiger partial charge in [-0.3, -0.25) is 0 Å². The molecule has 0 amide bonds. The lowest BCUT2D eigenvalue weighted by molar-refractivity contribution is -0.140. The smallest absolute Gasteiger partial charge is 0.318 e. The van der Waals surface area contributed by atoms with E-state index >= 15 is 0 Å². The van der Waals surface area contributed by atoms with Crippen molar-refractivity contribution in [1.29, 1.82) is 0 Å². The first kappa shape index (κ1) is 15.5. The number of alkyl halides is 3. The average molecular weight is 297 g/mol. The van der Waals surface area contributed by atoms with E-state index in [4.69, 9.17) is 5.73 Å². The molecule has 1 atom stereocenters. The Morgan fingerprint density at radius 1 is 0.952 bits per heavy atom. The van der Waals surface area contributed by atoms with E-state index in [0.717, 1.165) is 17.7 Å². The van der Waals surface area contributed by atoms with Crippen molar-refractivity contribution in [2.24, 2.45) is 5.73 Å².